The Labute approximate surface area is 135 Å². The maximum Gasteiger partial charge on any atom is 0.222 e. The van der Waals surface area contributed by atoms with Crippen LogP contribution >= 0.6 is 0 Å². The van der Waals surface area contributed by atoms with Gasteiger partial charge in [-0.1, -0.05) is 18.9 Å². The normalized spacial score (nSPS) is 20.9. The number of amides is 1. The Morgan fingerprint density at radius 2 is 2.09 bits per heavy atom. The molecule has 1 aliphatic rings. The van der Waals surface area contributed by atoms with Crippen molar-refractivity contribution in [1.29, 1.82) is 0 Å². The van der Waals surface area contributed by atoms with Crippen molar-refractivity contribution < 1.29 is 4.79 Å². The van der Waals surface area contributed by atoms with E-state index < -0.39 is 0 Å². The minimum absolute atomic E-state index is 0.0344. The van der Waals surface area contributed by atoms with Crippen LogP contribution in [0, 0.1) is 12.8 Å². The number of carbonyl (C=O) groups excluding carboxylic acids is 1. The molecule has 3 N–H and O–H groups in total. The lowest BCUT2D eigenvalue weighted by atomic mass is 9.84. The van der Waals surface area contributed by atoms with E-state index in [4.69, 9.17) is 5.73 Å². The minimum Gasteiger partial charge on any atom is -0.369 e. The van der Waals surface area contributed by atoms with Gasteiger partial charge in [0.15, 0.2) is 5.82 Å². The first-order chi connectivity index (χ1) is 11.1. The zero-order chi connectivity index (χ0) is 16.2. The van der Waals surface area contributed by atoms with Gasteiger partial charge in [-0.2, -0.15) is 0 Å². The molecule has 2 atom stereocenters. The second-order valence-electron chi connectivity index (χ2n) is 5.98. The van der Waals surface area contributed by atoms with E-state index in [-0.39, 0.29) is 17.9 Å². The van der Waals surface area contributed by atoms with Crippen LogP contribution in [0.4, 0.5) is 5.82 Å². The number of hydrogen-bond acceptors (Lipinski definition) is 5. The third kappa shape index (κ3) is 3.64. The smallest absolute Gasteiger partial charge is 0.222 e. The van der Waals surface area contributed by atoms with Crippen LogP contribution < -0.4 is 11.1 Å². The third-order valence-corrected chi connectivity index (χ3v) is 4.21. The molecule has 0 radical (unpaired) electrons. The molecular formula is C17H21N5O. The maximum absolute atomic E-state index is 11.6. The summed E-state index contributed by atoms with van der Waals surface area (Å²) in [6, 6.07) is 7.57. The van der Waals surface area contributed by atoms with E-state index in [2.05, 4.69) is 20.3 Å². The molecule has 1 amide bonds. The van der Waals surface area contributed by atoms with Crippen molar-refractivity contribution in [3.05, 3.63) is 36.2 Å². The van der Waals surface area contributed by atoms with Gasteiger partial charge >= 0.3 is 0 Å². The quantitative estimate of drug-likeness (QED) is 0.903. The van der Waals surface area contributed by atoms with E-state index >= 15 is 0 Å². The molecular weight excluding hydrogens is 290 g/mol. The highest BCUT2D eigenvalue weighted by atomic mass is 16.1. The Bertz CT molecular complexity index is 689. The number of aromatic nitrogens is 3. The highest BCUT2D eigenvalue weighted by Gasteiger charge is 2.29. The van der Waals surface area contributed by atoms with Crippen LogP contribution in [0.3, 0.4) is 0 Å². The largest absolute Gasteiger partial charge is 0.369 e. The number of nitrogens with two attached hydrogens (primary N) is 1. The van der Waals surface area contributed by atoms with E-state index in [1.165, 1.54) is 0 Å². The summed E-state index contributed by atoms with van der Waals surface area (Å²) < 4.78 is 0. The van der Waals surface area contributed by atoms with Crippen molar-refractivity contribution in [1.82, 2.24) is 15.0 Å². The van der Waals surface area contributed by atoms with Crippen molar-refractivity contribution in [2.75, 3.05) is 5.32 Å². The minimum atomic E-state index is -0.238. The highest BCUT2D eigenvalue weighted by Crippen LogP contribution is 2.27. The topological polar surface area (TPSA) is 93.8 Å². The molecule has 2 heterocycles. The zero-order valence-corrected chi connectivity index (χ0v) is 13.2. The summed E-state index contributed by atoms with van der Waals surface area (Å²) in [7, 11) is 0. The van der Waals surface area contributed by atoms with Gasteiger partial charge in [0, 0.05) is 24.0 Å². The summed E-state index contributed by atoms with van der Waals surface area (Å²) in [5.41, 5.74) is 7.13. The number of hydrogen-bond donors (Lipinski definition) is 2. The molecule has 6 heteroatoms. The lowest BCUT2D eigenvalue weighted by Gasteiger charge is -2.30. The van der Waals surface area contributed by atoms with Gasteiger partial charge < -0.3 is 11.1 Å². The lowest BCUT2D eigenvalue weighted by molar-refractivity contribution is -0.122. The first-order valence-corrected chi connectivity index (χ1v) is 7.96. The fourth-order valence-electron chi connectivity index (χ4n) is 3.09. The molecule has 0 aliphatic heterocycles. The van der Waals surface area contributed by atoms with Gasteiger partial charge in [0.2, 0.25) is 5.91 Å². The molecule has 1 aliphatic carbocycles. The van der Waals surface area contributed by atoms with Crippen molar-refractivity contribution >= 4 is 11.7 Å². The molecule has 120 valence electrons. The van der Waals surface area contributed by atoms with Crippen LogP contribution in [0.2, 0.25) is 0 Å². The standard InChI is InChI=1S/C17H21N5O/c1-11-10-15(21-13-7-3-2-6-12(13)16(18)23)22-17(20-11)14-8-4-5-9-19-14/h4-5,8-10,12-13H,2-3,6-7H2,1H3,(H2,18,23)(H,20,21,22)/t12-,13+/m1/s1. The fourth-order valence-corrected chi connectivity index (χ4v) is 3.09. The molecule has 0 unspecified atom stereocenters. The van der Waals surface area contributed by atoms with Gasteiger partial charge in [0.25, 0.3) is 0 Å². The lowest BCUT2D eigenvalue weighted by Crippen LogP contribution is -2.40. The number of anilines is 1. The van der Waals surface area contributed by atoms with Crippen LogP contribution in [0.15, 0.2) is 30.5 Å². The van der Waals surface area contributed by atoms with Crippen molar-refractivity contribution in [3.63, 3.8) is 0 Å². The number of aryl methyl sites for hydroxylation is 1. The maximum atomic E-state index is 11.6. The first kappa shape index (κ1) is 15.4. The second kappa shape index (κ2) is 6.73. The summed E-state index contributed by atoms with van der Waals surface area (Å²) in [6.07, 6.45) is 5.63. The Balaban J connectivity index is 1.85. The SMILES string of the molecule is Cc1cc(N[C@H]2CCCC[C@H]2C(N)=O)nc(-c2ccccn2)n1. The van der Waals surface area contributed by atoms with Crippen LogP contribution in [-0.2, 0) is 4.79 Å². The average Bonchev–Trinajstić information content (AvgIpc) is 2.55. The molecule has 0 bridgehead atoms. The van der Waals surface area contributed by atoms with E-state index in [1.54, 1.807) is 6.20 Å². The number of rotatable bonds is 4. The first-order valence-electron chi connectivity index (χ1n) is 7.96. The van der Waals surface area contributed by atoms with Gasteiger partial charge in [-0.25, -0.2) is 9.97 Å². The van der Waals surface area contributed by atoms with Gasteiger partial charge in [0.1, 0.15) is 11.5 Å². The summed E-state index contributed by atoms with van der Waals surface area (Å²) >= 11 is 0. The third-order valence-electron chi connectivity index (χ3n) is 4.21. The van der Waals surface area contributed by atoms with E-state index in [0.29, 0.717) is 5.82 Å². The molecule has 1 saturated carbocycles. The predicted molar refractivity (Wildman–Crippen MR) is 88.6 cm³/mol. The highest BCUT2D eigenvalue weighted by molar-refractivity contribution is 5.78. The van der Waals surface area contributed by atoms with Crippen molar-refractivity contribution in [2.45, 2.75) is 38.6 Å². The Kier molecular flexibility index (Phi) is 4.50. The van der Waals surface area contributed by atoms with Crippen molar-refractivity contribution in [2.24, 2.45) is 11.7 Å². The van der Waals surface area contributed by atoms with E-state index in [1.807, 2.05) is 31.2 Å². The molecule has 0 spiro atoms. The Morgan fingerprint density at radius 1 is 1.26 bits per heavy atom. The van der Waals surface area contributed by atoms with Gasteiger partial charge in [-0.05, 0) is 31.9 Å². The molecule has 1 fully saturated rings. The molecule has 0 aromatic carbocycles. The molecule has 2 aromatic heterocycles. The molecule has 6 nitrogen and oxygen atoms in total. The summed E-state index contributed by atoms with van der Waals surface area (Å²) in [6.45, 7) is 1.92. The van der Waals surface area contributed by atoms with Gasteiger partial charge in [0.05, 0.1) is 5.92 Å². The summed E-state index contributed by atoms with van der Waals surface area (Å²) in [5.74, 6) is 0.922. The predicted octanol–water partition coefficient (Wildman–Crippen LogP) is 2.30. The summed E-state index contributed by atoms with van der Waals surface area (Å²) in [5, 5.41) is 3.38. The van der Waals surface area contributed by atoms with Crippen LogP contribution in [-0.4, -0.2) is 26.9 Å². The number of nitrogens with one attached hydrogen (secondary N) is 1. The van der Waals surface area contributed by atoms with Crippen LogP contribution in [0.1, 0.15) is 31.4 Å². The number of carbonyl (C=O) groups is 1. The molecule has 2 aromatic rings. The van der Waals surface area contributed by atoms with E-state index in [9.17, 15) is 4.79 Å². The molecule has 0 saturated heterocycles. The number of primary amides is 1. The zero-order valence-electron chi connectivity index (χ0n) is 13.2. The number of pyridine rings is 1. The number of nitrogens with zero attached hydrogens (tertiary/aromatic N) is 3. The van der Waals surface area contributed by atoms with Crippen LogP contribution in [0.5, 0.6) is 0 Å². The van der Waals surface area contributed by atoms with Gasteiger partial charge in [-0.3, -0.25) is 9.78 Å². The second-order valence-corrected chi connectivity index (χ2v) is 5.98. The average molecular weight is 311 g/mol. The fraction of sp³-hybridized carbons (Fsp3) is 0.412. The van der Waals surface area contributed by atoms with Gasteiger partial charge in [-0.15, -0.1) is 0 Å². The molecule has 23 heavy (non-hydrogen) atoms. The Morgan fingerprint density at radius 3 is 2.83 bits per heavy atom. The van der Waals surface area contributed by atoms with Crippen molar-refractivity contribution in [3.8, 4) is 11.5 Å². The monoisotopic (exact) mass is 311 g/mol. The summed E-state index contributed by atoms with van der Waals surface area (Å²) in [4.78, 5) is 24.9. The Hall–Kier alpha value is -2.50. The molecule has 3 rings (SSSR count). The van der Waals surface area contributed by atoms with E-state index in [0.717, 1.165) is 42.9 Å². The van der Waals surface area contributed by atoms with Crippen LogP contribution in [0.25, 0.3) is 11.5 Å².